The number of anilines is 2. The van der Waals surface area contributed by atoms with E-state index >= 15 is 0 Å². The maximum Gasteiger partial charge on any atom is 0.416 e. The summed E-state index contributed by atoms with van der Waals surface area (Å²) in [5, 5.41) is 4.04. The number of amides is 1. The van der Waals surface area contributed by atoms with Crippen LogP contribution in [0.5, 0.6) is 5.75 Å². The second-order valence-electron chi connectivity index (χ2n) is 6.76. The third-order valence-electron chi connectivity index (χ3n) is 4.51. The van der Waals surface area contributed by atoms with E-state index in [1.807, 2.05) is 0 Å². The van der Waals surface area contributed by atoms with Crippen LogP contribution in [0.3, 0.4) is 0 Å². The Morgan fingerprint density at radius 1 is 1.12 bits per heavy atom. The molecule has 6 nitrogen and oxygen atoms in total. The third kappa shape index (κ3) is 5.40. The summed E-state index contributed by atoms with van der Waals surface area (Å²) in [4.78, 5) is 12.1. The molecule has 3 rings (SSSR count). The van der Waals surface area contributed by atoms with E-state index in [9.17, 15) is 26.4 Å². The first-order chi connectivity index (χ1) is 15.0. The number of aryl methyl sites for hydroxylation is 1. The largest absolute Gasteiger partial charge is 0.484 e. The van der Waals surface area contributed by atoms with Crippen molar-refractivity contribution in [2.45, 2.75) is 17.3 Å². The lowest BCUT2D eigenvalue weighted by Gasteiger charge is -2.18. The maximum absolute atomic E-state index is 13.0. The molecule has 32 heavy (non-hydrogen) atoms. The molecule has 11 heteroatoms. The van der Waals surface area contributed by atoms with E-state index in [0.29, 0.717) is 11.4 Å². The monoisotopic (exact) mass is 484 g/mol. The Balaban J connectivity index is 1.60. The van der Waals surface area contributed by atoms with Crippen LogP contribution in [0.15, 0.2) is 64.2 Å². The maximum atomic E-state index is 13.0. The zero-order valence-electron chi connectivity index (χ0n) is 17.0. The summed E-state index contributed by atoms with van der Waals surface area (Å²) in [5.41, 5.74) is -0.367. The first-order valence-corrected chi connectivity index (χ1v) is 11.5. The Labute approximate surface area is 187 Å². The first kappa shape index (κ1) is 23.6. The molecule has 0 aliphatic carbocycles. The van der Waals surface area contributed by atoms with Crippen molar-refractivity contribution in [2.75, 3.05) is 23.3 Å². The van der Waals surface area contributed by atoms with Gasteiger partial charge in [-0.2, -0.15) is 13.2 Å². The molecule has 1 N–H and O–H groups in total. The zero-order valence-corrected chi connectivity index (χ0v) is 18.6. The van der Waals surface area contributed by atoms with Gasteiger partial charge < -0.3 is 10.1 Å². The van der Waals surface area contributed by atoms with Gasteiger partial charge in [-0.1, -0.05) is 12.1 Å². The molecule has 0 unspecified atom stereocenters. The van der Waals surface area contributed by atoms with E-state index in [0.717, 1.165) is 21.7 Å². The first-order valence-electron chi connectivity index (χ1n) is 9.21. The predicted octanol–water partition coefficient (Wildman–Crippen LogP) is 4.92. The van der Waals surface area contributed by atoms with E-state index in [4.69, 9.17) is 4.74 Å². The van der Waals surface area contributed by atoms with Crippen LogP contribution in [0.1, 0.15) is 11.1 Å². The Bertz CT molecular complexity index is 1190. The van der Waals surface area contributed by atoms with Gasteiger partial charge in [-0.15, -0.1) is 11.3 Å². The standard InChI is InChI=1S/C21H19F3N2O4S2/c1-14-5-6-15(12-18(14)21(22,23)24)25-19(27)13-30-17-9-7-16(8-10-17)26(2)32(28,29)20-4-3-11-31-20/h3-12H,13H2,1-2H3,(H,25,27). The number of hydrogen-bond acceptors (Lipinski definition) is 5. The molecular weight excluding hydrogens is 465 g/mol. The number of sulfonamides is 1. The number of halogens is 3. The Morgan fingerprint density at radius 2 is 1.81 bits per heavy atom. The van der Waals surface area contributed by atoms with Gasteiger partial charge in [0.1, 0.15) is 9.96 Å². The number of hydrogen-bond donors (Lipinski definition) is 1. The third-order valence-corrected chi connectivity index (χ3v) is 7.67. The summed E-state index contributed by atoms with van der Waals surface area (Å²) in [6.45, 7) is 0.905. The normalized spacial score (nSPS) is 11.8. The lowest BCUT2D eigenvalue weighted by atomic mass is 10.1. The van der Waals surface area contributed by atoms with Gasteiger partial charge in [-0.25, -0.2) is 8.42 Å². The van der Waals surface area contributed by atoms with Crippen molar-refractivity contribution in [1.82, 2.24) is 0 Å². The second kappa shape index (κ2) is 9.21. The van der Waals surface area contributed by atoms with Gasteiger partial charge in [0.05, 0.1) is 11.3 Å². The van der Waals surface area contributed by atoms with Gasteiger partial charge >= 0.3 is 6.18 Å². The van der Waals surface area contributed by atoms with E-state index in [1.165, 1.54) is 56.4 Å². The molecule has 1 heterocycles. The van der Waals surface area contributed by atoms with Gasteiger partial charge in [0.2, 0.25) is 0 Å². The molecule has 0 saturated carbocycles. The van der Waals surface area contributed by atoms with Gasteiger partial charge in [0, 0.05) is 12.7 Å². The van der Waals surface area contributed by atoms with Crippen molar-refractivity contribution in [3.63, 3.8) is 0 Å². The number of alkyl halides is 3. The quantitative estimate of drug-likeness (QED) is 0.517. The van der Waals surface area contributed by atoms with Crippen LogP contribution >= 0.6 is 11.3 Å². The fourth-order valence-corrected chi connectivity index (χ4v) is 5.14. The van der Waals surface area contributed by atoms with Crippen LogP contribution in [-0.2, 0) is 21.0 Å². The van der Waals surface area contributed by atoms with Crippen LogP contribution in [0.4, 0.5) is 24.5 Å². The van der Waals surface area contributed by atoms with Gasteiger partial charge in [0.25, 0.3) is 15.9 Å². The molecule has 1 amide bonds. The molecule has 0 atom stereocenters. The summed E-state index contributed by atoms with van der Waals surface area (Å²) in [6.07, 6.45) is -4.52. The molecule has 2 aromatic carbocycles. The lowest BCUT2D eigenvalue weighted by Crippen LogP contribution is -2.25. The highest BCUT2D eigenvalue weighted by Gasteiger charge is 2.32. The average Bonchev–Trinajstić information content (AvgIpc) is 3.28. The summed E-state index contributed by atoms with van der Waals surface area (Å²) in [7, 11) is -2.25. The topological polar surface area (TPSA) is 75.7 Å². The lowest BCUT2D eigenvalue weighted by molar-refractivity contribution is -0.138. The van der Waals surface area contributed by atoms with E-state index in [-0.39, 0.29) is 15.5 Å². The number of nitrogens with one attached hydrogen (secondary N) is 1. The minimum absolute atomic E-state index is 0.00674. The second-order valence-corrected chi connectivity index (χ2v) is 9.91. The van der Waals surface area contributed by atoms with Gasteiger partial charge in [-0.3, -0.25) is 9.10 Å². The van der Waals surface area contributed by atoms with Crippen molar-refractivity contribution < 1.29 is 31.1 Å². The molecule has 0 radical (unpaired) electrons. The summed E-state index contributed by atoms with van der Waals surface area (Å²) >= 11 is 1.11. The number of rotatable bonds is 7. The molecule has 170 valence electrons. The van der Waals surface area contributed by atoms with E-state index in [1.54, 1.807) is 11.4 Å². The van der Waals surface area contributed by atoms with Crippen LogP contribution in [0.25, 0.3) is 0 Å². The van der Waals surface area contributed by atoms with Crippen molar-refractivity contribution in [2.24, 2.45) is 0 Å². The highest BCUT2D eigenvalue weighted by molar-refractivity contribution is 7.94. The minimum atomic E-state index is -4.52. The molecule has 0 saturated heterocycles. The molecule has 0 aliphatic rings. The highest BCUT2D eigenvalue weighted by atomic mass is 32.2. The van der Waals surface area contributed by atoms with Crippen LogP contribution in [-0.4, -0.2) is 28.0 Å². The van der Waals surface area contributed by atoms with Crippen molar-refractivity contribution >= 4 is 38.6 Å². The number of thiophene rings is 1. The number of nitrogens with zero attached hydrogens (tertiary/aromatic N) is 1. The fraction of sp³-hybridized carbons (Fsp3) is 0.190. The fourth-order valence-electron chi connectivity index (χ4n) is 2.79. The Hall–Kier alpha value is -3.05. The predicted molar refractivity (Wildman–Crippen MR) is 117 cm³/mol. The van der Waals surface area contributed by atoms with Gasteiger partial charge in [-0.05, 0) is 60.3 Å². The Kier molecular flexibility index (Phi) is 6.79. The minimum Gasteiger partial charge on any atom is -0.484 e. The summed E-state index contributed by atoms with van der Waals surface area (Å²) in [6, 6.07) is 12.7. The van der Waals surface area contributed by atoms with Crippen molar-refractivity contribution in [1.29, 1.82) is 0 Å². The number of carbonyl (C=O) groups is 1. The van der Waals surface area contributed by atoms with Crippen LogP contribution in [0, 0.1) is 6.92 Å². The molecule has 1 aromatic heterocycles. The molecular formula is C21H19F3N2O4S2. The zero-order chi connectivity index (χ0) is 23.5. The summed E-state index contributed by atoms with van der Waals surface area (Å²) in [5.74, 6) is -0.339. The van der Waals surface area contributed by atoms with E-state index < -0.39 is 34.3 Å². The van der Waals surface area contributed by atoms with Gasteiger partial charge in [0.15, 0.2) is 6.61 Å². The number of ether oxygens (including phenoxy) is 1. The molecule has 3 aromatic rings. The van der Waals surface area contributed by atoms with Crippen molar-refractivity contribution in [3.8, 4) is 5.75 Å². The summed E-state index contributed by atoms with van der Waals surface area (Å²) < 4.78 is 70.8. The highest BCUT2D eigenvalue weighted by Crippen LogP contribution is 2.33. The van der Waals surface area contributed by atoms with Crippen LogP contribution < -0.4 is 14.4 Å². The molecule has 0 bridgehead atoms. The number of carbonyl (C=O) groups excluding carboxylic acids is 1. The smallest absolute Gasteiger partial charge is 0.416 e. The molecule has 0 aliphatic heterocycles. The Morgan fingerprint density at radius 3 is 2.41 bits per heavy atom. The average molecular weight is 485 g/mol. The molecule has 0 fully saturated rings. The van der Waals surface area contributed by atoms with Crippen molar-refractivity contribution in [3.05, 3.63) is 71.1 Å². The SMILES string of the molecule is Cc1ccc(NC(=O)COc2ccc(N(C)S(=O)(=O)c3cccs3)cc2)cc1C(F)(F)F. The van der Waals surface area contributed by atoms with E-state index in [2.05, 4.69) is 5.32 Å². The molecule has 0 spiro atoms. The number of benzene rings is 2. The van der Waals surface area contributed by atoms with Crippen LogP contribution in [0.2, 0.25) is 0 Å².